The predicted molar refractivity (Wildman–Crippen MR) is 114 cm³/mol. The van der Waals surface area contributed by atoms with Crippen LogP contribution in [-0.4, -0.2) is 19.6 Å². The molecular weight excluding hydrogens is 368 g/mol. The van der Waals surface area contributed by atoms with Crippen LogP contribution in [0.25, 0.3) is 11.0 Å². The maximum atomic E-state index is 12.0. The van der Waals surface area contributed by atoms with E-state index < -0.39 is 5.63 Å². The van der Waals surface area contributed by atoms with Crippen molar-refractivity contribution in [2.45, 2.75) is 19.3 Å². The molecule has 29 heavy (non-hydrogen) atoms. The van der Waals surface area contributed by atoms with Crippen LogP contribution >= 0.6 is 0 Å². The Labute approximate surface area is 169 Å². The van der Waals surface area contributed by atoms with Gasteiger partial charge in [0.15, 0.2) is 0 Å². The minimum Gasteiger partial charge on any atom is -0.468 e. The molecule has 0 bridgehead atoms. The minimum atomic E-state index is -0.413. The molecular formula is C23H24N2O4. The molecule has 0 unspecified atom stereocenters. The Balaban J connectivity index is 1.75. The molecule has 3 aromatic rings. The highest BCUT2D eigenvalue weighted by Gasteiger charge is 2.09. The van der Waals surface area contributed by atoms with E-state index in [9.17, 15) is 9.59 Å². The van der Waals surface area contributed by atoms with Gasteiger partial charge in [-0.2, -0.15) is 0 Å². The van der Waals surface area contributed by atoms with Crippen LogP contribution in [0, 0.1) is 0 Å². The third-order valence-corrected chi connectivity index (χ3v) is 4.69. The average molecular weight is 392 g/mol. The zero-order valence-electron chi connectivity index (χ0n) is 16.4. The van der Waals surface area contributed by atoms with E-state index in [1.165, 1.54) is 18.7 Å². The number of fused-ring (bicyclic) bond motifs is 1. The van der Waals surface area contributed by atoms with E-state index in [1.807, 2.05) is 42.5 Å². The number of esters is 1. The smallest absolute Gasteiger partial charge is 0.336 e. The van der Waals surface area contributed by atoms with Crippen LogP contribution in [0.3, 0.4) is 0 Å². The van der Waals surface area contributed by atoms with Gasteiger partial charge in [-0.1, -0.05) is 30.8 Å². The Morgan fingerprint density at radius 3 is 2.52 bits per heavy atom. The summed E-state index contributed by atoms with van der Waals surface area (Å²) in [7, 11) is 1.33. The number of hydrogen-bond donors (Lipinski definition) is 2. The summed E-state index contributed by atoms with van der Waals surface area (Å²) >= 11 is 0. The van der Waals surface area contributed by atoms with Gasteiger partial charge in [0.25, 0.3) is 0 Å². The first-order chi connectivity index (χ1) is 13.9. The second-order valence-corrected chi connectivity index (χ2v) is 6.87. The van der Waals surface area contributed by atoms with Crippen LogP contribution in [0.5, 0.6) is 0 Å². The van der Waals surface area contributed by atoms with Crippen LogP contribution in [0.4, 0.5) is 5.69 Å². The zero-order valence-corrected chi connectivity index (χ0v) is 16.4. The highest BCUT2D eigenvalue weighted by Crippen LogP contribution is 2.21. The lowest BCUT2D eigenvalue weighted by Gasteiger charge is -2.11. The molecule has 0 radical (unpaired) electrons. The third kappa shape index (κ3) is 5.48. The summed E-state index contributed by atoms with van der Waals surface area (Å²) in [6.07, 6.45) is 2.09. The predicted octanol–water partition coefficient (Wildman–Crippen LogP) is 2.98. The maximum absolute atomic E-state index is 12.0. The number of hydrogen-bond acceptors (Lipinski definition) is 6. The van der Waals surface area contributed by atoms with Crippen molar-refractivity contribution in [1.29, 1.82) is 0 Å². The average Bonchev–Trinajstić information content (AvgIpc) is 2.71. The SMILES string of the molecule is C=C(Cc1cc(=O)oc2cc(CCc3ccc(N)cc3)ccc12)NCC(=O)OC. The molecule has 150 valence electrons. The Morgan fingerprint density at radius 1 is 1.10 bits per heavy atom. The quantitative estimate of drug-likeness (QED) is 0.348. The van der Waals surface area contributed by atoms with Crippen LogP contribution in [0.1, 0.15) is 16.7 Å². The van der Waals surface area contributed by atoms with Gasteiger partial charge in [-0.05, 0) is 47.7 Å². The first-order valence-electron chi connectivity index (χ1n) is 9.33. The number of benzene rings is 2. The van der Waals surface area contributed by atoms with Crippen molar-refractivity contribution < 1.29 is 13.9 Å². The van der Waals surface area contributed by atoms with Crippen LogP contribution in [0.15, 0.2) is 70.0 Å². The number of allylic oxidation sites excluding steroid dienone is 1. The molecule has 0 saturated heterocycles. The van der Waals surface area contributed by atoms with Gasteiger partial charge in [-0.15, -0.1) is 0 Å². The van der Waals surface area contributed by atoms with Crippen molar-refractivity contribution in [2.75, 3.05) is 19.4 Å². The highest BCUT2D eigenvalue weighted by molar-refractivity contribution is 5.81. The highest BCUT2D eigenvalue weighted by atomic mass is 16.5. The third-order valence-electron chi connectivity index (χ3n) is 4.69. The molecule has 0 aliphatic rings. The number of carbonyl (C=O) groups excluding carboxylic acids is 1. The second-order valence-electron chi connectivity index (χ2n) is 6.87. The van der Waals surface area contributed by atoms with Gasteiger partial charge in [0.1, 0.15) is 12.1 Å². The molecule has 0 atom stereocenters. The van der Waals surface area contributed by atoms with E-state index in [1.54, 1.807) is 0 Å². The lowest BCUT2D eigenvalue weighted by molar-refractivity contribution is -0.139. The first kappa shape index (κ1) is 20.2. The molecule has 0 aliphatic heterocycles. The molecule has 6 heteroatoms. The van der Waals surface area contributed by atoms with E-state index in [4.69, 9.17) is 10.2 Å². The van der Waals surface area contributed by atoms with Crippen molar-refractivity contribution in [3.8, 4) is 0 Å². The summed E-state index contributed by atoms with van der Waals surface area (Å²) in [5.41, 5.74) is 10.3. The maximum Gasteiger partial charge on any atom is 0.336 e. The summed E-state index contributed by atoms with van der Waals surface area (Å²) in [5, 5.41) is 3.76. The van der Waals surface area contributed by atoms with E-state index >= 15 is 0 Å². The zero-order chi connectivity index (χ0) is 20.8. The lowest BCUT2D eigenvalue weighted by Crippen LogP contribution is -2.24. The lowest BCUT2D eigenvalue weighted by atomic mass is 10.0. The molecule has 1 heterocycles. The summed E-state index contributed by atoms with van der Waals surface area (Å²) in [4.78, 5) is 23.3. The van der Waals surface area contributed by atoms with Crippen molar-refractivity contribution in [3.05, 3.63) is 87.9 Å². The van der Waals surface area contributed by atoms with Gasteiger partial charge < -0.3 is 20.2 Å². The number of nitrogens with one attached hydrogen (secondary N) is 1. The molecule has 0 amide bonds. The van der Waals surface area contributed by atoms with Gasteiger partial charge in [-0.25, -0.2) is 4.79 Å². The fourth-order valence-corrected chi connectivity index (χ4v) is 3.11. The number of methoxy groups -OCH3 is 1. The number of rotatable bonds is 8. The van der Waals surface area contributed by atoms with Crippen LogP contribution in [-0.2, 0) is 28.8 Å². The fraction of sp³-hybridized carbons (Fsp3) is 0.217. The number of anilines is 1. The van der Waals surface area contributed by atoms with Gasteiger partial charge in [-0.3, -0.25) is 4.79 Å². The van der Waals surface area contributed by atoms with Gasteiger partial charge in [0, 0.05) is 29.3 Å². The number of carbonyl (C=O) groups is 1. The monoisotopic (exact) mass is 392 g/mol. The summed E-state index contributed by atoms with van der Waals surface area (Å²) < 4.78 is 10.0. The van der Waals surface area contributed by atoms with Crippen molar-refractivity contribution in [2.24, 2.45) is 0 Å². The van der Waals surface area contributed by atoms with E-state index in [0.29, 0.717) is 17.7 Å². The Hall–Kier alpha value is -3.54. The molecule has 2 aromatic carbocycles. The van der Waals surface area contributed by atoms with Crippen LogP contribution in [0.2, 0.25) is 0 Å². The van der Waals surface area contributed by atoms with Gasteiger partial charge in [0.05, 0.1) is 7.11 Å². The largest absolute Gasteiger partial charge is 0.468 e. The standard InChI is InChI=1S/C23H24N2O4/c1-15(25-14-23(27)28-2)11-18-13-22(26)29-21-12-17(7-10-20(18)21)4-3-16-5-8-19(24)9-6-16/h5-10,12-13,25H,1,3-4,11,14,24H2,2H3. The number of nitrogens with two attached hydrogens (primary N) is 1. The molecule has 0 saturated carbocycles. The molecule has 0 fully saturated rings. The number of ether oxygens (including phenoxy) is 1. The molecule has 1 aromatic heterocycles. The number of nitrogen functional groups attached to an aromatic ring is 1. The topological polar surface area (TPSA) is 94.6 Å². The Morgan fingerprint density at radius 2 is 1.79 bits per heavy atom. The molecule has 0 spiro atoms. The van der Waals surface area contributed by atoms with Gasteiger partial charge >= 0.3 is 11.6 Å². The second kappa shape index (κ2) is 9.10. The van der Waals surface area contributed by atoms with Gasteiger partial charge in [0.2, 0.25) is 0 Å². The summed E-state index contributed by atoms with van der Waals surface area (Å²) in [6, 6.07) is 15.2. The van der Waals surface area contributed by atoms with Crippen LogP contribution < -0.4 is 16.7 Å². The van der Waals surface area contributed by atoms with E-state index in [2.05, 4.69) is 16.6 Å². The minimum absolute atomic E-state index is 0.0317. The fourth-order valence-electron chi connectivity index (χ4n) is 3.11. The molecule has 3 rings (SSSR count). The Kier molecular flexibility index (Phi) is 6.34. The molecule has 6 nitrogen and oxygen atoms in total. The molecule has 3 N–H and O–H groups in total. The summed E-state index contributed by atoms with van der Waals surface area (Å²) in [5.74, 6) is -0.380. The van der Waals surface area contributed by atoms with Crippen molar-refractivity contribution in [1.82, 2.24) is 5.32 Å². The summed E-state index contributed by atoms with van der Waals surface area (Å²) in [6.45, 7) is 3.95. The normalized spacial score (nSPS) is 10.7. The number of aryl methyl sites for hydroxylation is 2. The Bertz CT molecular complexity index is 1080. The van der Waals surface area contributed by atoms with E-state index in [0.717, 1.165) is 35.0 Å². The first-order valence-corrected chi connectivity index (χ1v) is 9.33. The van der Waals surface area contributed by atoms with Crippen molar-refractivity contribution in [3.63, 3.8) is 0 Å². The molecule has 0 aliphatic carbocycles. The van der Waals surface area contributed by atoms with E-state index in [-0.39, 0.29) is 12.5 Å². The van der Waals surface area contributed by atoms with Crippen molar-refractivity contribution >= 4 is 22.6 Å².